The van der Waals surface area contributed by atoms with Gasteiger partial charge in [-0.25, -0.2) is 12.8 Å². The van der Waals surface area contributed by atoms with Crippen molar-refractivity contribution in [3.05, 3.63) is 59.9 Å². The van der Waals surface area contributed by atoms with Crippen LogP contribution in [0.4, 0.5) is 10.1 Å². The lowest BCUT2D eigenvalue weighted by atomic mass is 10.2. The summed E-state index contributed by atoms with van der Waals surface area (Å²) in [6, 6.07) is 10.1. The van der Waals surface area contributed by atoms with Gasteiger partial charge in [0.1, 0.15) is 5.82 Å². The number of rotatable bonds is 7. The highest BCUT2D eigenvalue weighted by Gasteiger charge is 2.15. The fourth-order valence-corrected chi connectivity index (χ4v) is 3.21. The highest BCUT2D eigenvalue weighted by molar-refractivity contribution is 7.92. The SMILES string of the molecule is CC(C)NC(=O)CNC(=O)c1ccc(NS(=O)(=O)c2ccc(F)cc2)cc1. The number of hydrogen-bond donors (Lipinski definition) is 3. The van der Waals surface area contributed by atoms with E-state index in [0.29, 0.717) is 0 Å². The van der Waals surface area contributed by atoms with Gasteiger partial charge in [-0.3, -0.25) is 14.3 Å². The first-order valence-corrected chi connectivity index (χ1v) is 9.62. The van der Waals surface area contributed by atoms with Crippen LogP contribution < -0.4 is 15.4 Å². The van der Waals surface area contributed by atoms with Gasteiger partial charge in [0.2, 0.25) is 5.91 Å². The molecule has 0 saturated carbocycles. The van der Waals surface area contributed by atoms with Crippen LogP contribution in [0.5, 0.6) is 0 Å². The predicted molar refractivity (Wildman–Crippen MR) is 99.3 cm³/mol. The molecule has 7 nitrogen and oxygen atoms in total. The minimum absolute atomic E-state index is 0.0252. The number of sulfonamides is 1. The lowest BCUT2D eigenvalue weighted by Gasteiger charge is -2.10. The molecule has 0 aromatic heterocycles. The molecule has 0 unspecified atom stereocenters. The quantitative estimate of drug-likeness (QED) is 0.668. The molecule has 27 heavy (non-hydrogen) atoms. The van der Waals surface area contributed by atoms with Gasteiger partial charge in [-0.15, -0.1) is 0 Å². The Hall–Kier alpha value is -2.94. The summed E-state index contributed by atoms with van der Waals surface area (Å²) in [5, 5.41) is 5.13. The fourth-order valence-electron chi connectivity index (χ4n) is 2.15. The number of benzene rings is 2. The molecule has 0 aliphatic rings. The molecule has 0 heterocycles. The van der Waals surface area contributed by atoms with E-state index >= 15 is 0 Å². The van der Waals surface area contributed by atoms with Crippen LogP contribution in [0.2, 0.25) is 0 Å². The average Bonchev–Trinajstić information content (AvgIpc) is 2.60. The van der Waals surface area contributed by atoms with E-state index in [1.807, 2.05) is 13.8 Å². The number of halogens is 1. The van der Waals surface area contributed by atoms with Crippen molar-refractivity contribution >= 4 is 27.5 Å². The Morgan fingerprint density at radius 3 is 2.15 bits per heavy atom. The lowest BCUT2D eigenvalue weighted by molar-refractivity contribution is -0.120. The Morgan fingerprint density at radius 2 is 1.59 bits per heavy atom. The van der Waals surface area contributed by atoms with E-state index in [1.165, 1.54) is 24.3 Å². The molecule has 0 atom stereocenters. The van der Waals surface area contributed by atoms with E-state index in [9.17, 15) is 22.4 Å². The summed E-state index contributed by atoms with van der Waals surface area (Å²) in [4.78, 5) is 23.5. The maximum absolute atomic E-state index is 12.9. The van der Waals surface area contributed by atoms with Gasteiger partial charge < -0.3 is 10.6 Å². The standard InChI is InChI=1S/C18H20FN3O4S/c1-12(2)21-17(23)11-20-18(24)13-3-7-15(8-4-13)22-27(25,26)16-9-5-14(19)6-10-16/h3-10,12,22H,11H2,1-2H3,(H,20,24)(H,21,23). The first kappa shape index (κ1) is 20.4. The van der Waals surface area contributed by atoms with E-state index in [4.69, 9.17) is 0 Å². The van der Waals surface area contributed by atoms with Crippen LogP contribution in [0.15, 0.2) is 53.4 Å². The van der Waals surface area contributed by atoms with E-state index < -0.39 is 21.7 Å². The van der Waals surface area contributed by atoms with Crippen molar-refractivity contribution in [2.24, 2.45) is 0 Å². The smallest absolute Gasteiger partial charge is 0.261 e. The van der Waals surface area contributed by atoms with Crippen LogP contribution in [-0.4, -0.2) is 32.8 Å². The zero-order valence-corrected chi connectivity index (χ0v) is 15.6. The minimum atomic E-state index is -3.87. The van der Waals surface area contributed by atoms with Crippen molar-refractivity contribution in [2.75, 3.05) is 11.3 Å². The number of anilines is 1. The van der Waals surface area contributed by atoms with Gasteiger partial charge in [0.05, 0.1) is 11.4 Å². The number of carbonyl (C=O) groups excluding carboxylic acids is 2. The number of carbonyl (C=O) groups is 2. The third-order valence-corrected chi connectivity index (χ3v) is 4.78. The largest absolute Gasteiger partial charge is 0.352 e. The lowest BCUT2D eigenvalue weighted by Crippen LogP contribution is -2.39. The molecule has 2 aromatic carbocycles. The monoisotopic (exact) mass is 393 g/mol. The van der Waals surface area contributed by atoms with Crippen LogP contribution in [0.25, 0.3) is 0 Å². The fraction of sp³-hybridized carbons (Fsp3) is 0.222. The highest BCUT2D eigenvalue weighted by Crippen LogP contribution is 2.17. The van der Waals surface area contributed by atoms with Crippen molar-refractivity contribution in [3.8, 4) is 0 Å². The zero-order valence-electron chi connectivity index (χ0n) is 14.8. The van der Waals surface area contributed by atoms with E-state index in [2.05, 4.69) is 15.4 Å². The van der Waals surface area contributed by atoms with Gasteiger partial charge in [-0.05, 0) is 62.4 Å². The number of nitrogens with one attached hydrogen (secondary N) is 3. The predicted octanol–water partition coefficient (Wildman–Crippen LogP) is 1.88. The van der Waals surface area contributed by atoms with Crippen LogP contribution >= 0.6 is 0 Å². The Labute approximate surface area is 157 Å². The molecule has 9 heteroatoms. The molecule has 2 amide bonds. The van der Waals surface area contributed by atoms with Gasteiger partial charge >= 0.3 is 0 Å². The van der Waals surface area contributed by atoms with Crippen molar-refractivity contribution in [3.63, 3.8) is 0 Å². The van der Waals surface area contributed by atoms with Crippen molar-refractivity contribution in [2.45, 2.75) is 24.8 Å². The summed E-state index contributed by atoms with van der Waals surface area (Å²) in [5.74, 6) is -1.30. The third kappa shape index (κ3) is 6.07. The minimum Gasteiger partial charge on any atom is -0.352 e. The Balaban J connectivity index is 1.99. The molecule has 0 spiro atoms. The van der Waals surface area contributed by atoms with Crippen LogP contribution in [-0.2, 0) is 14.8 Å². The van der Waals surface area contributed by atoms with Crippen LogP contribution in [0.1, 0.15) is 24.2 Å². The highest BCUT2D eigenvalue weighted by atomic mass is 32.2. The second-order valence-corrected chi connectivity index (χ2v) is 7.72. The van der Waals surface area contributed by atoms with Crippen LogP contribution in [0, 0.1) is 5.82 Å². The van der Waals surface area contributed by atoms with Gasteiger partial charge in [-0.1, -0.05) is 0 Å². The van der Waals surface area contributed by atoms with Gasteiger partial charge in [0, 0.05) is 17.3 Å². The number of amides is 2. The summed E-state index contributed by atoms with van der Waals surface area (Å²) in [7, 11) is -3.87. The third-order valence-electron chi connectivity index (χ3n) is 3.38. The maximum Gasteiger partial charge on any atom is 0.261 e. The molecule has 0 aliphatic carbocycles. The molecule has 0 bridgehead atoms. The molecule has 0 saturated heterocycles. The molecule has 0 radical (unpaired) electrons. The maximum atomic E-state index is 12.9. The second kappa shape index (κ2) is 8.63. The van der Waals surface area contributed by atoms with E-state index in [0.717, 1.165) is 24.3 Å². The molecule has 2 rings (SSSR count). The molecule has 2 aromatic rings. The van der Waals surface area contributed by atoms with Gasteiger partial charge in [-0.2, -0.15) is 0 Å². The topological polar surface area (TPSA) is 104 Å². The summed E-state index contributed by atoms with van der Waals surface area (Å²) in [5.41, 5.74) is 0.519. The summed E-state index contributed by atoms with van der Waals surface area (Å²) < 4.78 is 39.7. The molecule has 0 fully saturated rings. The van der Waals surface area contributed by atoms with Crippen molar-refractivity contribution in [1.29, 1.82) is 0 Å². The van der Waals surface area contributed by atoms with Gasteiger partial charge in [0.15, 0.2) is 0 Å². The summed E-state index contributed by atoms with van der Waals surface area (Å²) in [6.07, 6.45) is 0. The molecular weight excluding hydrogens is 373 g/mol. The van der Waals surface area contributed by atoms with Crippen LogP contribution in [0.3, 0.4) is 0 Å². The average molecular weight is 393 g/mol. The van der Waals surface area contributed by atoms with Gasteiger partial charge in [0.25, 0.3) is 15.9 Å². The summed E-state index contributed by atoms with van der Waals surface area (Å²) >= 11 is 0. The molecular formula is C18H20FN3O4S. The first-order valence-electron chi connectivity index (χ1n) is 8.13. The second-order valence-electron chi connectivity index (χ2n) is 6.04. The van der Waals surface area contributed by atoms with Crippen molar-refractivity contribution < 1.29 is 22.4 Å². The van der Waals surface area contributed by atoms with E-state index in [1.54, 1.807) is 0 Å². The zero-order chi connectivity index (χ0) is 20.0. The number of hydrogen-bond acceptors (Lipinski definition) is 4. The molecule has 0 aliphatic heterocycles. The first-order chi connectivity index (χ1) is 12.7. The normalized spacial score (nSPS) is 11.1. The van der Waals surface area contributed by atoms with E-state index in [-0.39, 0.29) is 34.6 Å². The Kier molecular flexibility index (Phi) is 6.51. The molecule has 144 valence electrons. The van der Waals surface area contributed by atoms with Crippen molar-refractivity contribution in [1.82, 2.24) is 10.6 Å². The Morgan fingerprint density at radius 1 is 1.00 bits per heavy atom. The Bertz CT molecular complexity index is 911. The molecule has 3 N–H and O–H groups in total. The summed E-state index contributed by atoms with van der Waals surface area (Å²) in [6.45, 7) is 3.47.